The number of carboxylic acid groups (broad SMARTS) is 1. The first-order valence-corrected chi connectivity index (χ1v) is 10.4. The zero-order valence-corrected chi connectivity index (χ0v) is 18.0. The lowest BCUT2D eigenvalue weighted by Gasteiger charge is -2.34. The molecule has 0 bridgehead atoms. The highest BCUT2D eigenvalue weighted by Gasteiger charge is 2.16. The molecule has 0 saturated carbocycles. The topological polar surface area (TPSA) is 43.8 Å². The van der Waals surface area contributed by atoms with Crippen LogP contribution in [0, 0.1) is 0 Å². The fraction of sp³-hybridized carbons (Fsp3) is 0.682. The van der Waals surface area contributed by atoms with Gasteiger partial charge in [-0.2, -0.15) is 0 Å². The van der Waals surface area contributed by atoms with E-state index in [0.717, 1.165) is 52.1 Å². The minimum absolute atomic E-state index is 0.300. The van der Waals surface area contributed by atoms with Gasteiger partial charge in [-0.3, -0.25) is 9.69 Å². The summed E-state index contributed by atoms with van der Waals surface area (Å²) in [5.41, 5.74) is 1.38. The Balaban J connectivity index is 0. The summed E-state index contributed by atoms with van der Waals surface area (Å²) in [6, 6.07) is 10.6. The lowest BCUT2D eigenvalue weighted by molar-refractivity contribution is -0.137. The summed E-state index contributed by atoms with van der Waals surface area (Å²) in [5, 5.41) is 8.61. The Labute approximate surface area is 162 Å². The summed E-state index contributed by atoms with van der Waals surface area (Å²) in [6.45, 7) is 18.5. The SMILES string of the molecule is CC.CC.CC.O=C(O)CCCCN1CCN(Cc2ccccc2)CC1. The zero-order chi connectivity index (χ0) is 20.2. The van der Waals surface area contributed by atoms with E-state index in [1.165, 1.54) is 5.56 Å². The monoisotopic (exact) mass is 366 g/mol. The number of benzene rings is 1. The molecular formula is C22H42N2O2. The average Bonchev–Trinajstić information content (AvgIpc) is 2.72. The molecule has 0 aromatic heterocycles. The fourth-order valence-corrected chi connectivity index (χ4v) is 2.62. The molecule has 152 valence electrons. The van der Waals surface area contributed by atoms with Crippen molar-refractivity contribution in [3.05, 3.63) is 35.9 Å². The third-order valence-corrected chi connectivity index (χ3v) is 3.83. The normalized spacial score (nSPS) is 13.9. The maximum Gasteiger partial charge on any atom is 0.303 e. The lowest BCUT2D eigenvalue weighted by Crippen LogP contribution is -2.46. The van der Waals surface area contributed by atoms with Crippen LogP contribution in [0.4, 0.5) is 0 Å². The molecule has 1 aromatic carbocycles. The molecule has 4 heteroatoms. The molecule has 0 atom stereocenters. The van der Waals surface area contributed by atoms with E-state index in [9.17, 15) is 4.79 Å². The first-order valence-electron chi connectivity index (χ1n) is 10.4. The lowest BCUT2D eigenvalue weighted by atomic mass is 10.2. The zero-order valence-electron chi connectivity index (χ0n) is 18.0. The predicted molar refractivity (Wildman–Crippen MR) is 114 cm³/mol. The third-order valence-electron chi connectivity index (χ3n) is 3.83. The quantitative estimate of drug-likeness (QED) is 0.679. The van der Waals surface area contributed by atoms with Gasteiger partial charge in [0, 0.05) is 39.1 Å². The van der Waals surface area contributed by atoms with Crippen molar-refractivity contribution in [1.29, 1.82) is 0 Å². The highest BCUT2D eigenvalue weighted by Crippen LogP contribution is 2.09. The van der Waals surface area contributed by atoms with Gasteiger partial charge in [-0.1, -0.05) is 71.9 Å². The summed E-state index contributed by atoms with van der Waals surface area (Å²) < 4.78 is 0. The van der Waals surface area contributed by atoms with Crippen molar-refractivity contribution in [1.82, 2.24) is 9.80 Å². The number of rotatable bonds is 7. The molecular weight excluding hydrogens is 324 g/mol. The highest BCUT2D eigenvalue weighted by molar-refractivity contribution is 5.66. The number of nitrogens with zero attached hydrogens (tertiary/aromatic N) is 2. The van der Waals surface area contributed by atoms with Crippen LogP contribution in [0.15, 0.2) is 30.3 Å². The Morgan fingerprint density at radius 1 is 0.846 bits per heavy atom. The summed E-state index contributed by atoms with van der Waals surface area (Å²) in [5.74, 6) is -0.683. The first kappa shape index (κ1) is 26.8. The van der Waals surface area contributed by atoms with E-state index in [1.807, 2.05) is 41.5 Å². The van der Waals surface area contributed by atoms with Crippen LogP contribution in [0.25, 0.3) is 0 Å². The molecule has 1 N–H and O–H groups in total. The van der Waals surface area contributed by atoms with Crippen molar-refractivity contribution < 1.29 is 9.90 Å². The summed E-state index contributed by atoms with van der Waals surface area (Å²) in [4.78, 5) is 15.4. The van der Waals surface area contributed by atoms with Crippen LogP contribution in [0.1, 0.15) is 66.4 Å². The maximum atomic E-state index is 10.4. The van der Waals surface area contributed by atoms with Gasteiger partial charge in [-0.15, -0.1) is 0 Å². The van der Waals surface area contributed by atoms with Gasteiger partial charge in [0.1, 0.15) is 0 Å². The Morgan fingerprint density at radius 2 is 1.35 bits per heavy atom. The molecule has 2 rings (SSSR count). The van der Waals surface area contributed by atoms with Crippen LogP contribution >= 0.6 is 0 Å². The second-order valence-corrected chi connectivity index (χ2v) is 5.45. The molecule has 1 fully saturated rings. The van der Waals surface area contributed by atoms with E-state index in [-0.39, 0.29) is 0 Å². The van der Waals surface area contributed by atoms with Gasteiger partial charge < -0.3 is 10.0 Å². The molecule has 4 nitrogen and oxygen atoms in total. The molecule has 0 radical (unpaired) electrons. The van der Waals surface area contributed by atoms with E-state index in [1.54, 1.807) is 0 Å². The van der Waals surface area contributed by atoms with E-state index < -0.39 is 5.97 Å². The number of carboxylic acids is 1. The van der Waals surface area contributed by atoms with Gasteiger partial charge in [0.05, 0.1) is 0 Å². The molecule has 0 unspecified atom stereocenters. The van der Waals surface area contributed by atoms with E-state index in [2.05, 4.69) is 40.1 Å². The van der Waals surface area contributed by atoms with E-state index in [4.69, 9.17) is 5.11 Å². The Bertz CT molecular complexity index is 402. The van der Waals surface area contributed by atoms with Crippen molar-refractivity contribution in [2.45, 2.75) is 67.3 Å². The number of hydrogen-bond acceptors (Lipinski definition) is 3. The second kappa shape index (κ2) is 19.9. The van der Waals surface area contributed by atoms with Gasteiger partial charge in [0.25, 0.3) is 0 Å². The Kier molecular flexibility index (Phi) is 20.6. The molecule has 1 aromatic rings. The summed E-state index contributed by atoms with van der Waals surface area (Å²) in [7, 11) is 0. The standard InChI is InChI=1S/C16H24N2O2.3C2H6/c19-16(20)8-4-5-9-17-10-12-18(13-11-17)14-15-6-2-1-3-7-15;3*1-2/h1-3,6-7H,4-5,8-14H2,(H,19,20);3*1-2H3. The molecule has 0 spiro atoms. The molecule has 1 saturated heterocycles. The van der Waals surface area contributed by atoms with E-state index >= 15 is 0 Å². The minimum Gasteiger partial charge on any atom is -0.481 e. The average molecular weight is 367 g/mol. The molecule has 1 heterocycles. The van der Waals surface area contributed by atoms with Gasteiger partial charge in [-0.05, 0) is 24.9 Å². The van der Waals surface area contributed by atoms with Crippen molar-refractivity contribution in [2.24, 2.45) is 0 Å². The summed E-state index contributed by atoms with van der Waals surface area (Å²) >= 11 is 0. The van der Waals surface area contributed by atoms with Crippen LogP contribution in [-0.4, -0.2) is 53.6 Å². The molecule has 0 aliphatic carbocycles. The smallest absolute Gasteiger partial charge is 0.303 e. The molecule has 26 heavy (non-hydrogen) atoms. The maximum absolute atomic E-state index is 10.4. The summed E-state index contributed by atoms with van der Waals surface area (Å²) in [6.07, 6.45) is 2.08. The molecule has 0 amide bonds. The Hall–Kier alpha value is -1.39. The number of piperazine rings is 1. The van der Waals surface area contributed by atoms with Crippen LogP contribution in [-0.2, 0) is 11.3 Å². The first-order chi connectivity index (χ1) is 12.7. The molecule has 1 aliphatic heterocycles. The van der Waals surface area contributed by atoms with Crippen molar-refractivity contribution in [2.75, 3.05) is 32.7 Å². The fourth-order valence-electron chi connectivity index (χ4n) is 2.62. The van der Waals surface area contributed by atoms with Crippen molar-refractivity contribution in [3.63, 3.8) is 0 Å². The van der Waals surface area contributed by atoms with Crippen molar-refractivity contribution in [3.8, 4) is 0 Å². The number of unbranched alkanes of at least 4 members (excludes halogenated alkanes) is 1. The second-order valence-electron chi connectivity index (χ2n) is 5.45. The van der Waals surface area contributed by atoms with Crippen LogP contribution in [0.3, 0.4) is 0 Å². The van der Waals surface area contributed by atoms with Crippen molar-refractivity contribution >= 4 is 5.97 Å². The van der Waals surface area contributed by atoms with Gasteiger partial charge in [0.2, 0.25) is 0 Å². The number of carbonyl (C=O) groups is 1. The van der Waals surface area contributed by atoms with Gasteiger partial charge in [0.15, 0.2) is 0 Å². The molecule has 1 aliphatic rings. The highest BCUT2D eigenvalue weighted by atomic mass is 16.4. The predicted octanol–water partition coefficient (Wildman–Crippen LogP) is 5.14. The Morgan fingerprint density at radius 3 is 1.85 bits per heavy atom. The van der Waals surface area contributed by atoms with Gasteiger partial charge in [-0.25, -0.2) is 0 Å². The van der Waals surface area contributed by atoms with E-state index in [0.29, 0.717) is 6.42 Å². The number of aliphatic carboxylic acids is 1. The number of hydrogen-bond donors (Lipinski definition) is 1. The van der Waals surface area contributed by atoms with Crippen LogP contribution in [0.5, 0.6) is 0 Å². The minimum atomic E-state index is -0.683. The largest absolute Gasteiger partial charge is 0.481 e. The van der Waals surface area contributed by atoms with Gasteiger partial charge >= 0.3 is 5.97 Å². The van der Waals surface area contributed by atoms with Crippen LogP contribution < -0.4 is 0 Å². The van der Waals surface area contributed by atoms with Crippen LogP contribution in [0.2, 0.25) is 0 Å². The third kappa shape index (κ3) is 13.9.